The normalized spacial score (nSPS) is 11.0. The number of carboxylic acids is 2. The van der Waals surface area contributed by atoms with E-state index in [1.165, 1.54) is 6.07 Å². The van der Waals surface area contributed by atoms with Crippen LogP contribution in [0, 0.1) is 12.7 Å². The molecule has 0 spiro atoms. The van der Waals surface area contributed by atoms with Gasteiger partial charge < -0.3 is 20.3 Å². The lowest BCUT2D eigenvalue weighted by atomic mass is 10.1. The molecule has 0 aliphatic heterocycles. The Kier molecular flexibility index (Phi) is 8.80. The van der Waals surface area contributed by atoms with Gasteiger partial charge in [0.05, 0.1) is 0 Å². The Labute approximate surface area is 151 Å². The lowest BCUT2D eigenvalue weighted by Crippen LogP contribution is -2.16. The first-order valence-electron chi connectivity index (χ1n) is 7.94. The molecule has 0 heterocycles. The van der Waals surface area contributed by atoms with Gasteiger partial charge in [-0.1, -0.05) is 36.4 Å². The Bertz CT molecular complexity index is 709. The lowest BCUT2D eigenvalue weighted by Gasteiger charge is -2.21. The quantitative estimate of drug-likeness (QED) is 0.683. The van der Waals surface area contributed by atoms with E-state index in [-0.39, 0.29) is 11.9 Å². The molecule has 2 aromatic rings. The summed E-state index contributed by atoms with van der Waals surface area (Å²) in [5.41, 5.74) is 1.66. The Morgan fingerprint density at radius 2 is 1.69 bits per heavy atom. The van der Waals surface area contributed by atoms with Crippen LogP contribution < -0.4 is 10.1 Å². The van der Waals surface area contributed by atoms with E-state index in [4.69, 9.17) is 24.5 Å². The fourth-order valence-corrected chi connectivity index (χ4v) is 2.11. The molecule has 7 heteroatoms. The van der Waals surface area contributed by atoms with Crippen molar-refractivity contribution < 1.29 is 28.9 Å². The standard InChI is InChI=1S/C17H20FNO.C2H2O4/c1-13-15(18)9-6-10-16(13)20-17(11-12-19-2)14-7-4-3-5-8-14;3-1(4)2(5)6/h3-10,17,19H,11-12H2,1-2H3;(H,3,4)(H,5,6)/t17-;/m0./s1. The molecule has 0 aromatic heterocycles. The van der Waals surface area contributed by atoms with Crippen LogP contribution in [0.25, 0.3) is 0 Å². The minimum absolute atomic E-state index is 0.0795. The van der Waals surface area contributed by atoms with Gasteiger partial charge in [0.1, 0.15) is 17.7 Å². The average Bonchev–Trinajstić information content (AvgIpc) is 2.63. The molecule has 0 unspecified atom stereocenters. The number of carbonyl (C=O) groups is 2. The number of halogens is 1. The third-order valence-corrected chi connectivity index (χ3v) is 3.50. The number of ether oxygens (including phenoxy) is 1. The van der Waals surface area contributed by atoms with Gasteiger partial charge in [-0.05, 0) is 38.2 Å². The molecule has 0 radical (unpaired) electrons. The Morgan fingerprint density at radius 1 is 1.08 bits per heavy atom. The SMILES string of the molecule is CNCC[C@H](Oc1cccc(F)c1C)c1ccccc1.O=C(O)C(=O)O. The Balaban J connectivity index is 0.000000487. The second kappa shape index (κ2) is 10.8. The number of carboxylic acid groups (broad SMARTS) is 2. The van der Waals surface area contributed by atoms with Gasteiger partial charge in [-0.3, -0.25) is 0 Å². The molecule has 0 saturated heterocycles. The summed E-state index contributed by atoms with van der Waals surface area (Å²) < 4.78 is 19.6. The van der Waals surface area contributed by atoms with Crippen LogP contribution in [0.3, 0.4) is 0 Å². The van der Waals surface area contributed by atoms with Crippen molar-refractivity contribution in [2.24, 2.45) is 0 Å². The van der Waals surface area contributed by atoms with Crippen molar-refractivity contribution in [2.45, 2.75) is 19.4 Å². The minimum atomic E-state index is -1.82. The monoisotopic (exact) mass is 363 g/mol. The first-order chi connectivity index (χ1) is 12.4. The highest BCUT2D eigenvalue weighted by Crippen LogP contribution is 2.28. The summed E-state index contributed by atoms with van der Waals surface area (Å²) in [7, 11) is 1.91. The zero-order chi connectivity index (χ0) is 19.5. The molecule has 1 atom stereocenters. The molecule has 2 aromatic carbocycles. The van der Waals surface area contributed by atoms with Crippen molar-refractivity contribution >= 4 is 11.9 Å². The number of benzene rings is 2. The van der Waals surface area contributed by atoms with Crippen LogP contribution in [-0.4, -0.2) is 35.7 Å². The lowest BCUT2D eigenvalue weighted by molar-refractivity contribution is -0.159. The van der Waals surface area contributed by atoms with Crippen LogP contribution in [0.5, 0.6) is 5.75 Å². The number of hydrogen-bond donors (Lipinski definition) is 3. The Morgan fingerprint density at radius 3 is 2.23 bits per heavy atom. The minimum Gasteiger partial charge on any atom is -0.485 e. The number of rotatable bonds is 6. The summed E-state index contributed by atoms with van der Waals surface area (Å²) in [5.74, 6) is -3.28. The predicted molar refractivity (Wildman–Crippen MR) is 94.8 cm³/mol. The summed E-state index contributed by atoms with van der Waals surface area (Å²) >= 11 is 0. The Hall–Kier alpha value is -2.93. The van der Waals surface area contributed by atoms with Crippen LogP contribution >= 0.6 is 0 Å². The molecule has 0 aliphatic carbocycles. The molecule has 0 amide bonds. The van der Waals surface area contributed by atoms with Crippen molar-refractivity contribution in [3.8, 4) is 5.75 Å². The smallest absolute Gasteiger partial charge is 0.414 e. The highest BCUT2D eigenvalue weighted by molar-refractivity contribution is 6.27. The number of hydrogen-bond acceptors (Lipinski definition) is 4. The molecule has 3 N–H and O–H groups in total. The largest absolute Gasteiger partial charge is 0.485 e. The van der Waals surface area contributed by atoms with E-state index in [0.29, 0.717) is 11.3 Å². The third-order valence-electron chi connectivity index (χ3n) is 3.50. The maximum absolute atomic E-state index is 13.6. The second-order valence-electron chi connectivity index (χ2n) is 5.38. The van der Waals surface area contributed by atoms with Gasteiger partial charge in [0.25, 0.3) is 0 Å². The molecule has 0 aliphatic rings. The summed E-state index contributed by atoms with van der Waals surface area (Å²) in [4.78, 5) is 18.2. The molecule has 0 fully saturated rings. The van der Waals surface area contributed by atoms with E-state index in [0.717, 1.165) is 18.5 Å². The molecule has 6 nitrogen and oxygen atoms in total. The topological polar surface area (TPSA) is 95.9 Å². The van der Waals surface area contributed by atoms with Crippen LogP contribution in [-0.2, 0) is 9.59 Å². The first-order valence-corrected chi connectivity index (χ1v) is 7.94. The highest BCUT2D eigenvalue weighted by Gasteiger charge is 2.15. The first kappa shape index (κ1) is 21.1. The van der Waals surface area contributed by atoms with Crippen molar-refractivity contribution in [3.05, 3.63) is 65.5 Å². The van der Waals surface area contributed by atoms with Crippen molar-refractivity contribution in [1.82, 2.24) is 5.32 Å². The zero-order valence-corrected chi connectivity index (χ0v) is 14.6. The van der Waals surface area contributed by atoms with E-state index in [9.17, 15) is 4.39 Å². The maximum atomic E-state index is 13.6. The number of nitrogens with one attached hydrogen (secondary N) is 1. The predicted octanol–water partition coefficient (Wildman–Crippen LogP) is 3.02. The van der Waals surface area contributed by atoms with Crippen LogP contribution in [0.1, 0.15) is 23.7 Å². The van der Waals surface area contributed by atoms with Crippen LogP contribution in [0.2, 0.25) is 0 Å². The summed E-state index contributed by atoms with van der Waals surface area (Å²) in [5, 5.41) is 17.9. The molecule has 0 saturated carbocycles. The highest BCUT2D eigenvalue weighted by atomic mass is 19.1. The van der Waals surface area contributed by atoms with Crippen LogP contribution in [0.4, 0.5) is 4.39 Å². The number of aliphatic carboxylic acids is 2. The molecule has 26 heavy (non-hydrogen) atoms. The van der Waals surface area contributed by atoms with Crippen LogP contribution in [0.15, 0.2) is 48.5 Å². The molecule has 140 valence electrons. The van der Waals surface area contributed by atoms with Gasteiger partial charge >= 0.3 is 11.9 Å². The van der Waals surface area contributed by atoms with E-state index in [1.807, 2.05) is 43.4 Å². The molecular weight excluding hydrogens is 341 g/mol. The molecule has 0 bridgehead atoms. The van der Waals surface area contributed by atoms with Crippen molar-refractivity contribution in [3.63, 3.8) is 0 Å². The van der Waals surface area contributed by atoms with Gasteiger partial charge in [0, 0.05) is 12.0 Å². The van der Waals surface area contributed by atoms with Crippen molar-refractivity contribution in [2.75, 3.05) is 13.6 Å². The van der Waals surface area contributed by atoms with E-state index < -0.39 is 11.9 Å². The van der Waals surface area contributed by atoms with E-state index in [1.54, 1.807) is 13.0 Å². The fraction of sp³-hybridized carbons (Fsp3) is 0.263. The second-order valence-corrected chi connectivity index (χ2v) is 5.38. The van der Waals surface area contributed by atoms with E-state index >= 15 is 0 Å². The summed E-state index contributed by atoms with van der Waals surface area (Å²) in [6.45, 7) is 2.58. The van der Waals surface area contributed by atoms with Gasteiger partial charge in [-0.25, -0.2) is 14.0 Å². The molecular formula is C19H22FNO5. The maximum Gasteiger partial charge on any atom is 0.414 e. The van der Waals surface area contributed by atoms with Crippen molar-refractivity contribution in [1.29, 1.82) is 0 Å². The van der Waals surface area contributed by atoms with Gasteiger partial charge in [-0.15, -0.1) is 0 Å². The third kappa shape index (κ3) is 6.90. The van der Waals surface area contributed by atoms with Gasteiger partial charge in [-0.2, -0.15) is 0 Å². The van der Waals surface area contributed by atoms with E-state index in [2.05, 4.69) is 5.32 Å². The van der Waals surface area contributed by atoms with Gasteiger partial charge in [0.2, 0.25) is 0 Å². The zero-order valence-electron chi connectivity index (χ0n) is 14.6. The fourth-order valence-electron chi connectivity index (χ4n) is 2.11. The summed E-state index contributed by atoms with van der Waals surface area (Å²) in [6.07, 6.45) is 0.750. The van der Waals surface area contributed by atoms with Gasteiger partial charge in [0.15, 0.2) is 0 Å². The average molecular weight is 363 g/mol. The molecule has 2 rings (SSSR count). The summed E-state index contributed by atoms with van der Waals surface area (Å²) in [6, 6.07) is 15.0.